The lowest BCUT2D eigenvalue weighted by Gasteiger charge is -2.39. The molecule has 32 heavy (non-hydrogen) atoms. The summed E-state index contributed by atoms with van der Waals surface area (Å²) < 4.78 is 16.7. The van der Waals surface area contributed by atoms with E-state index in [9.17, 15) is 14.7 Å². The quantitative estimate of drug-likeness (QED) is 0.233. The van der Waals surface area contributed by atoms with E-state index in [1.54, 1.807) is 0 Å². The van der Waals surface area contributed by atoms with Gasteiger partial charge in [0.1, 0.15) is 12.2 Å². The Bertz CT molecular complexity index is 788. The third kappa shape index (κ3) is 9.99. The first-order valence-corrected chi connectivity index (χ1v) is 13.9. The molecule has 0 saturated carbocycles. The molecule has 0 saturated heterocycles. The summed E-state index contributed by atoms with van der Waals surface area (Å²) in [6.07, 6.45) is 0.773. The summed E-state index contributed by atoms with van der Waals surface area (Å²) in [7, 11) is -0.816. The molecule has 0 aromatic heterocycles. The SMILES string of the molecule is COC(=O)C#CC(O)CCC(CCC(OC(C)=O)c1ccccc1)O[Si](C)(C)C(C)(C)C. The minimum atomic E-state index is -2.06. The van der Waals surface area contributed by atoms with Gasteiger partial charge in [-0.1, -0.05) is 57.0 Å². The number of hydrogen-bond donors (Lipinski definition) is 1. The molecule has 0 aliphatic carbocycles. The van der Waals surface area contributed by atoms with Crippen LogP contribution in [0.5, 0.6) is 0 Å². The third-order valence-electron chi connectivity index (χ3n) is 5.79. The molecular weight excluding hydrogens is 424 g/mol. The predicted octanol–water partition coefficient (Wildman–Crippen LogP) is 4.78. The van der Waals surface area contributed by atoms with Gasteiger partial charge >= 0.3 is 11.9 Å². The van der Waals surface area contributed by atoms with Crippen LogP contribution in [0.25, 0.3) is 0 Å². The maximum absolute atomic E-state index is 11.7. The van der Waals surface area contributed by atoms with Gasteiger partial charge in [-0.05, 0) is 49.4 Å². The Labute approximate surface area is 193 Å². The smallest absolute Gasteiger partial charge is 0.384 e. The van der Waals surface area contributed by atoms with Gasteiger partial charge in [0, 0.05) is 18.9 Å². The number of aliphatic hydroxyl groups excluding tert-OH is 1. The zero-order chi connectivity index (χ0) is 24.4. The number of benzene rings is 1. The lowest BCUT2D eigenvalue weighted by molar-refractivity contribution is -0.147. The molecule has 178 valence electrons. The van der Waals surface area contributed by atoms with Crippen LogP contribution in [0, 0.1) is 11.8 Å². The van der Waals surface area contributed by atoms with Crippen molar-refractivity contribution in [3.63, 3.8) is 0 Å². The number of rotatable bonds is 10. The van der Waals surface area contributed by atoms with Gasteiger partial charge in [0.25, 0.3) is 0 Å². The maximum atomic E-state index is 11.7. The Balaban J connectivity index is 2.94. The second-order valence-electron chi connectivity index (χ2n) is 9.44. The van der Waals surface area contributed by atoms with Crippen molar-refractivity contribution >= 4 is 20.3 Å². The fraction of sp³-hybridized carbons (Fsp3) is 0.600. The summed E-state index contributed by atoms with van der Waals surface area (Å²) in [6.45, 7) is 12.3. The molecule has 0 fully saturated rings. The second kappa shape index (κ2) is 12.8. The lowest BCUT2D eigenvalue weighted by Crippen LogP contribution is -2.44. The number of hydrogen-bond acceptors (Lipinski definition) is 6. The van der Waals surface area contributed by atoms with Crippen LogP contribution in [0.4, 0.5) is 0 Å². The number of aliphatic hydroxyl groups is 1. The molecule has 0 spiro atoms. The molecule has 1 aromatic carbocycles. The van der Waals surface area contributed by atoms with Crippen molar-refractivity contribution < 1.29 is 28.6 Å². The van der Waals surface area contributed by atoms with E-state index in [4.69, 9.17) is 9.16 Å². The van der Waals surface area contributed by atoms with Gasteiger partial charge in [0.2, 0.25) is 0 Å². The minimum Gasteiger partial charge on any atom is -0.459 e. The van der Waals surface area contributed by atoms with Gasteiger partial charge in [-0.25, -0.2) is 4.79 Å². The topological polar surface area (TPSA) is 82.1 Å². The van der Waals surface area contributed by atoms with Crippen LogP contribution in [-0.4, -0.2) is 44.7 Å². The van der Waals surface area contributed by atoms with Gasteiger partial charge in [0.15, 0.2) is 8.32 Å². The van der Waals surface area contributed by atoms with Crippen molar-refractivity contribution in [3.05, 3.63) is 35.9 Å². The molecule has 3 unspecified atom stereocenters. The molecule has 1 rings (SSSR count). The van der Waals surface area contributed by atoms with Crippen molar-refractivity contribution in [2.24, 2.45) is 0 Å². The normalized spacial score (nSPS) is 14.5. The van der Waals surface area contributed by atoms with Crippen molar-refractivity contribution in [1.82, 2.24) is 0 Å². The standard InChI is InChI=1S/C25H38O6Si/c1-19(26)30-23(20-11-9-8-10-12-20)17-16-22(31-32(6,7)25(2,3)4)15-13-21(27)14-18-24(28)29-5/h8-12,21-23,27H,13,15-17H2,1-7H3. The Morgan fingerprint density at radius 2 is 1.66 bits per heavy atom. The van der Waals surface area contributed by atoms with Crippen LogP contribution in [0.1, 0.15) is 65.0 Å². The van der Waals surface area contributed by atoms with Gasteiger partial charge in [-0.3, -0.25) is 4.79 Å². The van der Waals surface area contributed by atoms with Crippen LogP contribution in [-0.2, 0) is 23.5 Å². The van der Waals surface area contributed by atoms with E-state index in [1.807, 2.05) is 30.3 Å². The molecule has 0 heterocycles. The summed E-state index contributed by atoms with van der Waals surface area (Å²) >= 11 is 0. The van der Waals surface area contributed by atoms with E-state index in [-0.39, 0.29) is 23.2 Å². The molecule has 0 aliphatic rings. The predicted molar refractivity (Wildman–Crippen MR) is 127 cm³/mol. The van der Waals surface area contributed by atoms with E-state index >= 15 is 0 Å². The molecule has 0 aliphatic heterocycles. The van der Waals surface area contributed by atoms with Crippen molar-refractivity contribution in [2.45, 2.75) is 89.8 Å². The molecule has 1 N–H and O–H groups in total. The number of carbonyl (C=O) groups is 2. The fourth-order valence-corrected chi connectivity index (χ4v) is 4.39. The zero-order valence-electron chi connectivity index (χ0n) is 20.4. The van der Waals surface area contributed by atoms with Gasteiger partial charge in [-0.15, -0.1) is 0 Å². The van der Waals surface area contributed by atoms with Crippen LogP contribution < -0.4 is 0 Å². The summed E-state index contributed by atoms with van der Waals surface area (Å²) in [5, 5.41) is 10.2. The monoisotopic (exact) mass is 462 g/mol. The highest BCUT2D eigenvalue weighted by molar-refractivity contribution is 6.74. The van der Waals surface area contributed by atoms with Gasteiger partial charge < -0.3 is 19.0 Å². The molecule has 6 nitrogen and oxygen atoms in total. The molecular formula is C25H38O6Si. The van der Waals surface area contributed by atoms with Crippen LogP contribution in [0.15, 0.2) is 30.3 Å². The maximum Gasteiger partial charge on any atom is 0.384 e. The first kappa shape index (κ1) is 27.9. The van der Waals surface area contributed by atoms with Crippen molar-refractivity contribution in [1.29, 1.82) is 0 Å². The number of esters is 2. The second-order valence-corrected chi connectivity index (χ2v) is 14.2. The zero-order valence-corrected chi connectivity index (χ0v) is 21.4. The highest BCUT2D eigenvalue weighted by atomic mass is 28.4. The summed E-state index contributed by atoms with van der Waals surface area (Å²) in [6, 6.07) is 9.67. The van der Waals surface area contributed by atoms with E-state index in [1.165, 1.54) is 14.0 Å². The average Bonchev–Trinajstić information content (AvgIpc) is 2.72. The average molecular weight is 463 g/mol. The van der Waals surface area contributed by atoms with Crippen molar-refractivity contribution in [2.75, 3.05) is 7.11 Å². The minimum absolute atomic E-state index is 0.0310. The van der Waals surface area contributed by atoms with Gasteiger partial charge in [0.05, 0.1) is 7.11 Å². The van der Waals surface area contributed by atoms with Crippen LogP contribution in [0.2, 0.25) is 18.1 Å². The fourth-order valence-electron chi connectivity index (χ4n) is 2.96. The number of ether oxygens (including phenoxy) is 2. The highest BCUT2D eigenvalue weighted by Gasteiger charge is 2.39. The van der Waals surface area contributed by atoms with Crippen molar-refractivity contribution in [3.8, 4) is 11.8 Å². The van der Waals surface area contributed by atoms with Crippen LogP contribution >= 0.6 is 0 Å². The summed E-state index contributed by atoms with van der Waals surface area (Å²) in [5.41, 5.74) is 0.942. The number of carbonyl (C=O) groups excluding carboxylic acids is 2. The molecule has 7 heteroatoms. The Hall–Kier alpha value is -2.14. The van der Waals surface area contributed by atoms with E-state index in [0.717, 1.165) is 5.56 Å². The Kier molecular flexibility index (Phi) is 11.1. The largest absolute Gasteiger partial charge is 0.459 e. The van der Waals surface area contributed by atoms with Gasteiger partial charge in [-0.2, -0.15) is 0 Å². The molecule has 0 bridgehead atoms. The Morgan fingerprint density at radius 3 is 2.19 bits per heavy atom. The lowest BCUT2D eigenvalue weighted by atomic mass is 10.00. The van der Waals surface area contributed by atoms with E-state index < -0.39 is 20.4 Å². The summed E-state index contributed by atoms with van der Waals surface area (Å²) in [5.74, 6) is 3.79. The third-order valence-corrected chi connectivity index (χ3v) is 10.3. The van der Waals surface area contributed by atoms with E-state index in [2.05, 4.69) is 50.4 Å². The highest BCUT2D eigenvalue weighted by Crippen LogP contribution is 2.39. The molecule has 0 amide bonds. The Morgan fingerprint density at radius 1 is 1.06 bits per heavy atom. The van der Waals surface area contributed by atoms with Crippen LogP contribution in [0.3, 0.4) is 0 Å². The van der Waals surface area contributed by atoms with E-state index in [0.29, 0.717) is 25.7 Å². The first-order valence-electron chi connectivity index (χ1n) is 11.0. The number of methoxy groups -OCH3 is 1. The molecule has 3 atom stereocenters. The summed E-state index contributed by atoms with van der Waals surface area (Å²) in [4.78, 5) is 22.9. The molecule has 0 radical (unpaired) electrons. The molecule has 1 aromatic rings. The first-order chi connectivity index (χ1) is 14.9.